The van der Waals surface area contributed by atoms with Gasteiger partial charge in [0.1, 0.15) is 0 Å². The molecule has 0 saturated heterocycles. The van der Waals surface area contributed by atoms with Crippen LogP contribution in [0.3, 0.4) is 0 Å². The van der Waals surface area contributed by atoms with E-state index in [0.29, 0.717) is 0 Å². The standard InChI is InChI=1S/C8H12NS2/c1-2-5-9-7-11-8-4-3-6-10-8/h3-4,6H,2,5,7H2,1H3. The minimum absolute atomic E-state index is 0.911. The van der Waals surface area contributed by atoms with E-state index >= 15 is 0 Å². The highest BCUT2D eigenvalue weighted by Crippen LogP contribution is 2.22. The van der Waals surface area contributed by atoms with Crippen LogP contribution in [0, 0.1) is 0 Å². The van der Waals surface area contributed by atoms with E-state index < -0.39 is 0 Å². The van der Waals surface area contributed by atoms with Gasteiger partial charge in [-0.05, 0) is 17.9 Å². The zero-order valence-corrected chi connectivity index (χ0v) is 8.25. The van der Waals surface area contributed by atoms with E-state index in [1.165, 1.54) is 4.21 Å². The molecule has 1 rings (SSSR count). The highest BCUT2D eigenvalue weighted by atomic mass is 32.2. The molecule has 0 saturated carbocycles. The Bertz CT molecular complexity index is 172. The molecule has 0 aliphatic heterocycles. The van der Waals surface area contributed by atoms with E-state index in [1.54, 1.807) is 11.3 Å². The average molecular weight is 186 g/mol. The van der Waals surface area contributed by atoms with Crippen LogP contribution in [0.1, 0.15) is 13.3 Å². The number of thioether (sulfide) groups is 1. The van der Waals surface area contributed by atoms with Gasteiger partial charge in [0.25, 0.3) is 0 Å². The number of hydrogen-bond donors (Lipinski definition) is 0. The fourth-order valence-electron chi connectivity index (χ4n) is 0.678. The molecule has 0 bridgehead atoms. The summed E-state index contributed by atoms with van der Waals surface area (Å²) in [4.78, 5) is 0. The first-order valence-corrected chi connectivity index (χ1v) is 5.59. The van der Waals surface area contributed by atoms with Crippen LogP contribution in [0.15, 0.2) is 21.7 Å². The Labute approximate surface area is 76.2 Å². The summed E-state index contributed by atoms with van der Waals surface area (Å²) in [5.41, 5.74) is 0. The van der Waals surface area contributed by atoms with Crippen LogP contribution in [0.4, 0.5) is 0 Å². The summed E-state index contributed by atoms with van der Waals surface area (Å²) in [6, 6.07) is 4.21. The fourth-order valence-corrected chi connectivity index (χ4v) is 2.25. The molecular formula is C8H12NS2. The maximum atomic E-state index is 4.33. The summed E-state index contributed by atoms with van der Waals surface area (Å²) < 4.78 is 1.37. The maximum Gasteiger partial charge on any atom is 0.0645 e. The molecule has 0 atom stereocenters. The minimum atomic E-state index is 0.911. The van der Waals surface area contributed by atoms with Crippen LogP contribution in [-0.2, 0) is 0 Å². The quantitative estimate of drug-likeness (QED) is 0.509. The molecular weight excluding hydrogens is 174 g/mol. The lowest BCUT2D eigenvalue weighted by molar-refractivity contribution is 0.742. The van der Waals surface area contributed by atoms with E-state index in [-0.39, 0.29) is 0 Å². The van der Waals surface area contributed by atoms with Crippen molar-refractivity contribution in [2.24, 2.45) is 0 Å². The largest absolute Gasteiger partial charge is 0.231 e. The molecule has 61 valence electrons. The number of thiophene rings is 1. The van der Waals surface area contributed by atoms with Gasteiger partial charge < -0.3 is 0 Å². The summed E-state index contributed by atoms with van der Waals surface area (Å²) >= 11 is 3.60. The highest BCUT2D eigenvalue weighted by Gasteiger charge is 1.92. The van der Waals surface area contributed by atoms with E-state index in [1.807, 2.05) is 11.8 Å². The zero-order chi connectivity index (χ0) is 7.94. The Morgan fingerprint density at radius 2 is 2.55 bits per heavy atom. The Balaban J connectivity index is 2.04. The van der Waals surface area contributed by atoms with Crippen molar-refractivity contribution in [3.05, 3.63) is 17.5 Å². The molecule has 1 nitrogen and oxygen atoms in total. The third-order valence-corrected chi connectivity index (χ3v) is 3.21. The van der Waals surface area contributed by atoms with Crippen molar-refractivity contribution in [3.63, 3.8) is 0 Å². The normalized spacial score (nSPS) is 10.3. The molecule has 1 radical (unpaired) electrons. The van der Waals surface area contributed by atoms with Crippen LogP contribution in [0.25, 0.3) is 0 Å². The molecule has 0 N–H and O–H groups in total. The highest BCUT2D eigenvalue weighted by molar-refractivity contribution is 8.01. The molecule has 1 aromatic heterocycles. The summed E-state index contributed by atoms with van der Waals surface area (Å²) in [6.07, 6.45) is 1.16. The number of nitrogens with zero attached hydrogens (tertiary/aromatic N) is 1. The molecule has 0 spiro atoms. The second-order valence-corrected chi connectivity index (χ2v) is 4.35. The molecule has 0 amide bonds. The number of rotatable bonds is 5. The second kappa shape index (κ2) is 5.63. The Hall–Kier alpha value is 0.01000. The van der Waals surface area contributed by atoms with Gasteiger partial charge >= 0.3 is 0 Å². The first kappa shape index (κ1) is 9.10. The van der Waals surface area contributed by atoms with Gasteiger partial charge in [-0.25, -0.2) is 5.32 Å². The van der Waals surface area contributed by atoms with E-state index in [4.69, 9.17) is 0 Å². The molecule has 0 fully saturated rings. The SMILES string of the molecule is CCC[N]CSc1cccs1. The molecule has 11 heavy (non-hydrogen) atoms. The number of hydrogen-bond acceptors (Lipinski definition) is 2. The summed E-state index contributed by atoms with van der Waals surface area (Å²) in [5.74, 6) is 0.911. The van der Waals surface area contributed by atoms with E-state index in [0.717, 1.165) is 18.8 Å². The van der Waals surface area contributed by atoms with Crippen molar-refractivity contribution < 1.29 is 0 Å². The van der Waals surface area contributed by atoms with Gasteiger partial charge in [0.15, 0.2) is 0 Å². The monoisotopic (exact) mass is 186 g/mol. The van der Waals surface area contributed by atoms with Gasteiger partial charge in [-0.15, -0.1) is 11.3 Å². The Morgan fingerprint density at radius 3 is 3.18 bits per heavy atom. The first-order valence-electron chi connectivity index (χ1n) is 3.73. The van der Waals surface area contributed by atoms with E-state index in [9.17, 15) is 0 Å². The lowest BCUT2D eigenvalue weighted by Gasteiger charge is -1.96. The van der Waals surface area contributed by atoms with Gasteiger partial charge in [0, 0.05) is 6.54 Å². The van der Waals surface area contributed by atoms with Crippen molar-refractivity contribution in [3.8, 4) is 0 Å². The molecule has 0 aliphatic carbocycles. The topological polar surface area (TPSA) is 14.1 Å². The maximum absolute atomic E-state index is 4.33. The van der Waals surface area contributed by atoms with Gasteiger partial charge in [-0.3, -0.25) is 0 Å². The Kier molecular flexibility index (Phi) is 4.66. The van der Waals surface area contributed by atoms with Crippen molar-refractivity contribution >= 4 is 23.1 Å². The van der Waals surface area contributed by atoms with Crippen LogP contribution < -0.4 is 5.32 Å². The van der Waals surface area contributed by atoms with E-state index in [2.05, 4.69) is 29.8 Å². The zero-order valence-electron chi connectivity index (χ0n) is 6.62. The molecule has 1 heterocycles. The second-order valence-electron chi connectivity index (χ2n) is 2.15. The molecule has 1 aromatic rings. The van der Waals surface area contributed by atoms with Crippen molar-refractivity contribution in [1.82, 2.24) is 5.32 Å². The Morgan fingerprint density at radius 1 is 1.64 bits per heavy atom. The summed E-state index contributed by atoms with van der Waals surface area (Å²) in [7, 11) is 0. The van der Waals surface area contributed by atoms with Crippen molar-refractivity contribution in [2.45, 2.75) is 17.6 Å². The van der Waals surface area contributed by atoms with Crippen LogP contribution in [0.2, 0.25) is 0 Å². The van der Waals surface area contributed by atoms with Gasteiger partial charge in [0.05, 0.1) is 10.1 Å². The van der Waals surface area contributed by atoms with Crippen LogP contribution >= 0.6 is 23.1 Å². The molecule has 0 aliphatic rings. The van der Waals surface area contributed by atoms with Crippen molar-refractivity contribution in [1.29, 1.82) is 0 Å². The fraction of sp³-hybridized carbons (Fsp3) is 0.500. The molecule has 0 unspecified atom stereocenters. The molecule has 3 heteroatoms. The lowest BCUT2D eigenvalue weighted by Crippen LogP contribution is -2.03. The first-order chi connectivity index (χ1) is 5.43. The summed E-state index contributed by atoms with van der Waals surface area (Å²) in [6.45, 7) is 3.15. The average Bonchev–Trinajstić information content (AvgIpc) is 2.50. The van der Waals surface area contributed by atoms with Crippen molar-refractivity contribution in [2.75, 3.05) is 12.4 Å². The van der Waals surface area contributed by atoms with Gasteiger partial charge in [-0.2, -0.15) is 0 Å². The van der Waals surface area contributed by atoms with Crippen LogP contribution in [0.5, 0.6) is 0 Å². The van der Waals surface area contributed by atoms with Gasteiger partial charge in [0.2, 0.25) is 0 Å². The van der Waals surface area contributed by atoms with Crippen LogP contribution in [-0.4, -0.2) is 12.4 Å². The third kappa shape index (κ3) is 3.79. The lowest BCUT2D eigenvalue weighted by atomic mass is 10.5. The van der Waals surface area contributed by atoms with Gasteiger partial charge in [-0.1, -0.05) is 24.8 Å². The summed E-state index contributed by atoms with van der Waals surface area (Å²) in [5, 5.41) is 6.43. The minimum Gasteiger partial charge on any atom is -0.231 e. The predicted molar refractivity (Wildman–Crippen MR) is 52.3 cm³/mol. The third-order valence-electron chi connectivity index (χ3n) is 1.17. The smallest absolute Gasteiger partial charge is 0.0645 e. The predicted octanol–water partition coefficient (Wildman–Crippen LogP) is 2.81. The molecule has 0 aromatic carbocycles.